The zero-order chi connectivity index (χ0) is 21.7. The molecule has 162 valence electrons. The third-order valence-electron chi connectivity index (χ3n) is 6.74. The van der Waals surface area contributed by atoms with Crippen LogP contribution in [0.25, 0.3) is 6.08 Å². The highest BCUT2D eigenvalue weighted by Gasteiger charge is 2.39. The molecule has 2 amide bonds. The Morgan fingerprint density at radius 3 is 2.45 bits per heavy atom. The van der Waals surface area contributed by atoms with Gasteiger partial charge in [-0.3, -0.25) is 9.59 Å². The minimum atomic E-state index is -0.0122. The fraction of sp³-hybridized carbons (Fsp3) is 0.385. The SMILES string of the molecule is O=C(NCC1(c2cccc(Br)c2)CCC1)C1CCN(C(=O)/C=C/c2ccccc2)CC1. The summed E-state index contributed by atoms with van der Waals surface area (Å²) in [5.74, 6) is 0.140. The van der Waals surface area contributed by atoms with E-state index in [0.717, 1.165) is 35.7 Å². The van der Waals surface area contributed by atoms with Gasteiger partial charge in [-0.05, 0) is 55.0 Å². The van der Waals surface area contributed by atoms with E-state index >= 15 is 0 Å². The topological polar surface area (TPSA) is 49.4 Å². The molecule has 2 aromatic carbocycles. The number of carbonyl (C=O) groups is 2. The predicted molar refractivity (Wildman–Crippen MR) is 127 cm³/mol. The van der Waals surface area contributed by atoms with Gasteiger partial charge in [0, 0.05) is 41.5 Å². The molecule has 0 aromatic heterocycles. The number of nitrogens with one attached hydrogen (secondary N) is 1. The average Bonchev–Trinajstić information content (AvgIpc) is 2.77. The van der Waals surface area contributed by atoms with Gasteiger partial charge in [0.15, 0.2) is 0 Å². The molecule has 2 aliphatic rings. The summed E-state index contributed by atoms with van der Waals surface area (Å²) in [5, 5.41) is 3.23. The van der Waals surface area contributed by atoms with E-state index in [9.17, 15) is 9.59 Å². The molecular formula is C26H29BrN2O2. The molecule has 1 N–H and O–H groups in total. The fourth-order valence-corrected chi connectivity index (χ4v) is 4.99. The summed E-state index contributed by atoms with van der Waals surface area (Å²) in [6.45, 7) is 1.96. The number of amides is 2. The van der Waals surface area contributed by atoms with E-state index in [2.05, 4.69) is 39.4 Å². The lowest BCUT2D eigenvalue weighted by Gasteiger charge is -2.43. The zero-order valence-corrected chi connectivity index (χ0v) is 19.3. The molecule has 1 heterocycles. The molecule has 0 atom stereocenters. The van der Waals surface area contributed by atoms with Gasteiger partial charge in [0.05, 0.1) is 0 Å². The van der Waals surface area contributed by atoms with Gasteiger partial charge < -0.3 is 10.2 Å². The summed E-state index contributed by atoms with van der Waals surface area (Å²) < 4.78 is 1.08. The third kappa shape index (κ3) is 5.27. The Hall–Kier alpha value is -2.40. The van der Waals surface area contributed by atoms with Crippen molar-refractivity contribution in [2.45, 2.75) is 37.5 Å². The minimum Gasteiger partial charge on any atom is -0.355 e. The van der Waals surface area contributed by atoms with Gasteiger partial charge in [0.25, 0.3) is 0 Å². The molecule has 0 unspecified atom stereocenters. The summed E-state index contributed by atoms with van der Waals surface area (Å²) in [7, 11) is 0. The second-order valence-electron chi connectivity index (χ2n) is 8.71. The first-order chi connectivity index (χ1) is 15.1. The Morgan fingerprint density at radius 2 is 1.81 bits per heavy atom. The third-order valence-corrected chi connectivity index (χ3v) is 7.24. The van der Waals surface area contributed by atoms with Gasteiger partial charge in [0.2, 0.25) is 11.8 Å². The summed E-state index contributed by atoms with van der Waals surface area (Å²) in [6, 6.07) is 18.3. The number of halogens is 1. The highest BCUT2D eigenvalue weighted by atomic mass is 79.9. The number of carbonyl (C=O) groups excluding carboxylic acids is 2. The molecule has 4 nitrogen and oxygen atoms in total. The van der Waals surface area contributed by atoms with Gasteiger partial charge in [-0.25, -0.2) is 0 Å². The van der Waals surface area contributed by atoms with E-state index in [1.54, 1.807) is 6.08 Å². The van der Waals surface area contributed by atoms with Crippen LogP contribution in [0.5, 0.6) is 0 Å². The van der Waals surface area contributed by atoms with Crippen molar-refractivity contribution in [1.82, 2.24) is 10.2 Å². The highest BCUT2D eigenvalue weighted by molar-refractivity contribution is 9.10. The van der Waals surface area contributed by atoms with Crippen molar-refractivity contribution in [1.29, 1.82) is 0 Å². The molecule has 2 fully saturated rings. The first-order valence-electron chi connectivity index (χ1n) is 11.1. The largest absolute Gasteiger partial charge is 0.355 e. The maximum absolute atomic E-state index is 12.8. The van der Waals surface area contributed by atoms with Crippen molar-refractivity contribution < 1.29 is 9.59 Å². The van der Waals surface area contributed by atoms with E-state index in [-0.39, 0.29) is 23.1 Å². The van der Waals surface area contributed by atoms with Crippen molar-refractivity contribution in [2.75, 3.05) is 19.6 Å². The van der Waals surface area contributed by atoms with E-state index < -0.39 is 0 Å². The van der Waals surface area contributed by atoms with Gasteiger partial charge >= 0.3 is 0 Å². The van der Waals surface area contributed by atoms with Crippen molar-refractivity contribution in [2.24, 2.45) is 5.92 Å². The van der Waals surface area contributed by atoms with Crippen LogP contribution < -0.4 is 5.32 Å². The van der Waals surface area contributed by atoms with Gasteiger partial charge in [-0.15, -0.1) is 0 Å². The van der Waals surface area contributed by atoms with Crippen LogP contribution in [0.1, 0.15) is 43.2 Å². The number of benzene rings is 2. The first kappa shape index (κ1) is 21.8. The van der Waals surface area contributed by atoms with Crippen LogP contribution in [0.15, 0.2) is 65.1 Å². The zero-order valence-electron chi connectivity index (χ0n) is 17.7. The molecule has 1 aliphatic carbocycles. The Labute approximate surface area is 192 Å². The smallest absolute Gasteiger partial charge is 0.246 e. The Morgan fingerprint density at radius 1 is 1.06 bits per heavy atom. The molecule has 5 heteroatoms. The van der Waals surface area contributed by atoms with Crippen LogP contribution in [0.2, 0.25) is 0 Å². The number of piperidine rings is 1. The number of nitrogens with zero attached hydrogens (tertiary/aromatic N) is 1. The molecule has 2 aromatic rings. The van der Waals surface area contributed by atoms with Crippen LogP contribution in [0, 0.1) is 5.92 Å². The number of hydrogen-bond acceptors (Lipinski definition) is 2. The second-order valence-corrected chi connectivity index (χ2v) is 9.62. The monoisotopic (exact) mass is 480 g/mol. The van der Waals surface area contributed by atoms with Crippen LogP contribution in [-0.4, -0.2) is 36.3 Å². The quantitative estimate of drug-likeness (QED) is 0.595. The van der Waals surface area contributed by atoms with Crippen LogP contribution >= 0.6 is 15.9 Å². The van der Waals surface area contributed by atoms with Gasteiger partial charge in [-0.2, -0.15) is 0 Å². The summed E-state index contributed by atoms with van der Waals surface area (Å²) in [5.41, 5.74) is 2.39. The maximum atomic E-state index is 12.8. The van der Waals surface area contributed by atoms with E-state index in [1.807, 2.05) is 47.4 Å². The van der Waals surface area contributed by atoms with E-state index in [1.165, 1.54) is 12.0 Å². The maximum Gasteiger partial charge on any atom is 0.246 e. The molecule has 1 saturated heterocycles. The Kier molecular flexibility index (Phi) is 6.91. The van der Waals surface area contributed by atoms with Gasteiger partial charge in [-0.1, -0.05) is 64.8 Å². The van der Waals surface area contributed by atoms with Crippen LogP contribution in [-0.2, 0) is 15.0 Å². The molecule has 1 aliphatic heterocycles. The number of likely N-dealkylation sites (tertiary alicyclic amines) is 1. The molecule has 1 saturated carbocycles. The van der Waals surface area contributed by atoms with Crippen LogP contribution in [0.4, 0.5) is 0 Å². The summed E-state index contributed by atoms with van der Waals surface area (Å²) in [6.07, 6.45) is 8.37. The van der Waals surface area contributed by atoms with Crippen molar-refractivity contribution in [3.05, 3.63) is 76.3 Å². The van der Waals surface area contributed by atoms with Crippen molar-refractivity contribution in [3.63, 3.8) is 0 Å². The molecule has 0 spiro atoms. The van der Waals surface area contributed by atoms with Crippen molar-refractivity contribution in [3.8, 4) is 0 Å². The van der Waals surface area contributed by atoms with E-state index in [0.29, 0.717) is 19.6 Å². The number of rotatable bonds is 6. The molecular weight excluding hydrogens is 452 g/mol. The second kappa shape index (κ2) is 9.82. The lowest BCUT2D eigenvalue weighted by molar-refractivity contribution is -0.132. The molecule has 31 heavy (non-hydrogen) atoms. The average molecular weight is 481 g/mol. The van der Waals surface area contributed by atoms with Crippen molar-refractivity contribution >= 4 is 33.8 Å². The highest BCUT2D eigenvalue weighted by Crippen LogP contribution is 2.43. The molecule has 0 bridgehead atoms. The minimum absolute atomic E-state index is 0.0122. The van der Waals surface area contributed by atoms with E-state index in [4.69, 9.17) is 0 Å². The van der Waals surface area contributed by atoms with Gasteiger partial charge in [0.1, 0.15) is 0 Å². The predicted octanol–water partition coefficient (Wildman–Crippen LogP) is 4.94. The van der Waals surface area contributed by atoms with Crippen LogP contribution in [0.3, 0.4) is 0 Å². The molecule has 4 rings (SSSR count). The molecule has 0 radical (unpaired) electrons. The lowest BCUT2D eigenvalue weighted by atomic mass is 9.64. The normalized spacial score (nSPS) is 18.5. The lowest BCUT2D eigenvalue weighted by Crippen LogP contribution is -2.48. The first-order valence-corrected chi connectivity index (χ1v) is 11.9. The number of hydrogen-bond donors (Lipinski definition) is 1. The standard InChI is InChI=1S/C26H29BrN2O2/c27-23-9-4-8-22(18-23)26(14-5-15-26)19-28-25(31)21-12-16-29(17-13-21)24(30)11-10-20-6-2-1-3-7-20/h1-4,6-11,18,21H,5,12-17,19H2,(H,28,31)/b11-10+. The Bertz CT molecular complexity index is 945. The fourth-order valence-electron chi connectivity index (χ4n) is 4.59. The summed E-state index contributed by atoms with van der Waals surface area (Å²) in [4.78, 5) is 27.1. The Balaban J connectivity index is 1.26. The summed E-state index contributed by atoms with van der Waals surface area (Å²) >= 11 is 3.57.